The van der Waals surface area contributed by atoms with E-state index in [9.17, 15) is 9.59 Å². The van der Waals surface area contributed by atoms with Gasteiger partial charge in [-0.1, -0.05) is 41.9 Å². The first kappa shape index (κ1) is 21.2. The van der Waals surface area contributed by atoms with Crippen LogP contribution in [0.5, 0.6) is 5.75 Å². The lowest BCUT2D eigenvalue weighted by atomic mass is 10.1. The molecule has 0 unspecified atom stereocenters. The monoisotopic (exact) mass is 424 g/mol. The van der Waals surface area contributed by atoms with E-state index in [1.807, 2.05) is 30.3 Å². The van der Waals surface area contributed by atoms with Crippen molar-refractivity contribution in [1.29, 1.82) is 0 Å². The van der Waals surface area contributed by atoms with Gasteiger partial charge in [0.25, 0.3) is 0 Å². The predicted molar refractivity (Wildman–Crippen MR) is 116 cm³/mol. The SMILES string of the molecule is COc1ccc(C(=O)OC[C@H](NC(=O)Nc2ccc(Cl)cc2)c2ccccc2)cc1. The van der Waals surface area contributed by atoms with Crippen LogP contribution in [0.15, 0.2) is 78.9 Å². The number of carbonyl (C=O) groups excluding carboxylic acids is 2. The van der Waals surface area contributed by atoms with Gasteiger partial charge < -0.3 is 20.1 Å². The normalized spacial score (nSPS) is 11.3. The smallest absolute Gasteiger partial charge is 0.338 e. The number of hydrogen-bond acceptors (Lipinski definition) is 4. The minimum Gasteiger partial charge on any atom is -0.497 e. The summed E-state index contributed by atoms with van der Waals surface area (Å²) in [4.78, 5) is 24.8. The van der Waals surface area contributed by atoms with Crippen LogP contribution in [0, 0.1) is 0 Å². The molecular weight excluding hydrogens is 404 g/mol. The summed E-state index contributed by atoms with van der Waals surface area (Å²) in [5.41, 5.74) is 1.80. The largest absolute Gasteiger partial charge is 0.497 e. The molecule has 30 heavy (non-hydrogen) atoms. The summed E-state index contributed by atoms with van der Waals surface area (Å²) in [6, 6.07) is 21.7. The Hall–Kier alpha value is -3.51. The van der Waals surface area contributed by atoms with E-state index in [0.29, 0.717) is 22.0 Å². The molecule has 6 nitrogen and oxygen atoms in total. The molecule has 3 aromatic carbocycles. The molecule has 7 heteroatoms. The Morgan fingerprint density at radius 1 is 0.933 bits per heavy atom. The average molecular weight is 425 g/mol. The van der Waals surface area contributed by atoms with Gasteiger partial charge in [-0.2, -0.15) is 0 Å². The van der Waals surface area contributed by atoms with Crippen molar-refractivity contribution < 1.29 is 19.1 Å². The summed E-state index contributed by atoms with van der Waals surface area (Å²) in [6.45, 7) is -0.0249. The third-order valence-corrected chi connectivity index (χ3v) is 4.57. The Labute approximate surface area is 179 Å². The van der Waals surface area contributed by atoms with E-state index in [2.05, 4.69) is 10.6 Å². The third-order valence-electron chi connectivity index (χ3n) is 4.32. The van der Waals surface area contributed by atoms with Crippen LogP contribution < -0.4 is 15.4 Å². The van der Waals surface area contributed by atoms with Crippen LogP contribution >= 0.6 is 11.6 Å². The van der Waals surface area contributed by atoms with Crippen molar-refractivity contribution in [2.75, 3.05) is 19.0 Å². The molecule has 0 aliphatic heterocycles. The van der Waals surface area contributed by atoms with Crippen molar-refractivity contribution in [2.45, 2.75) is 6.04 Å². The molecule has 0 spiro atoms. The van der Waals surface area contributed by atoms with Gasteiger partial charge in [0.05, 0.1) is 18.7 Å². The van der Waals surface area contributed by atoms with Crippen molar-refractivity contribution in [3.63, 3.8) is 0 Å². The van der Waals surface area contributed by atoms with Crippen molar-refractivity contribution in [2.24, 2.45) is 0 Å². The Kier molecular flexibility index (Phi) is 7.29. The first-order valence-corrected chi connectivity index (χ1v) is 9.62. The minimum absolute atomic E-state index is 0.0249. The number of halogens is 1. The van der Waals surface area contributed by atoms with E-state index in [1.54, 1.807) is 55.6 Å². The van der Waals surface area contributed by atoms with Crippen LogP contribution in [0.4, 0.5) is 10.5 Å². The summed E-state index contributed by atoms with van der Waals surface area (Å²) in [5.74, 6) is 0.160. The first-order valence-electron chi connectivity index (χ1n) is 9.24. The molecular formula is C23H21ClN2O4. The maximum absolute atomic E-state index is 12.5. The molecule has 2 amide bonds. The molecule has 0 aliphatic carbocycles. The lowest BCUT2D eigenvalue weighted by Gasteiger charge is -2.20. The van der Waals surface area contributed by atoms with E-state index in [0.717, 1.165) is 5.56 Å². The Bertz CT molecular complexity index is 976. The quantitative estimate of drug-likeness (QED) is 0.519. The molecule has 154 valence electrons. The van der Waals surface area contributed by atoms with Gasteiger partial charge in [0.15, 0.2) is 0 Å². The molecule has 0 fully saturated rings. The van der Waals surface area contributed by atoms with E-state index < -0.39 is 18.0 Å². The van der Waals surface area contributed by atoms with Gasteiger partial charge in [-0.3, -0.25) is 0 Å². The summed E-state index contributed by atoms with van der Waals surface area (Å²) in [6.07, 6.45) is 0. The summed E-state index contributed by atoms with van der Waals surface area (Å²) in [5, 5.41) is 6.16. The molecule has 0 aromatic heterocycles. The minimum atomic E-state index is -0.527. The number of amides is 2. The van der Waals surface area contributed by atoms with Gasteiger partial charge in [-0.25, -0.2) is 9.59 Å². The van der Waals surface area contributed by atoms with E-state index in [1.165, 1.54) is 0 Å². The Balaban J connectivity index is 1.65. The second-order valence-corrected chi connectivity index (χ2v) is 6.83. The number of hydrogen-bond donors (Lipinski definition) is 2. The zero-order valence-electron chi connectivity index (χ0n) is 16.3. The van der Waals surface area contributed by atoms with Crippen LogP contribution in [0.1, 0.15) is 22.0 Å². The van der Waals surface area contributed by atoms with Gasteiger partial charge in [-0.15, -0.1) is 0 Å². The number of nitrogens with one attached hydrogen (secondary N) is 2. The van der Waals surface area contributed by atoms with Crippen molar-refractivity contribution in [3.05, 3.63) is 95.0 Å². The van der Waals surface area contributed by atoms with Crippen LogP contribution in [-0.4, -0.2) is 25.7 Å². The van der Waals surface area contributed by atoms with Crippen molar-refractivity contribution in [3.8, 4) is 5.75 Å². The van der Waals surface area contributed by atoms with Crippen LogP contribution in [0.2, 0.25) is 5.02 Å². The molecule has 0 radical (unpaired) electrons. The Morgan fingerprint density at radius 3 is 2.23 bits per heavy atom. The highest BCUT2D eigenvalue weighted by atomic mass is 35.5. The van der Waals surface area contributed by atoms with Crippen molar-refractivity contribution >= 4 is 29.3 Å². The molecule has 0 aliphatic rings. The average Bonchev–Trinajstić information content (AvgIpc) is 2.78. The molecule has 3 aromatic rings. The van der Waals surface area contributed by atoms with Crippen molar-refractivity contribution in [1.82, 2.24) is 5.32 Å². The fraction of sp³-hybridized carbons (Fsp3) is 0.130. The maximum Gasteiger partial charge on any atom is 0.338 e. The molecule has 0 saturated carbocycles. The molecule has 0 bridgehead atoms. The first-order chi connectivity index (χ1) is 14.5. The summed E-state index contributed by atoms with van der Waals surface area (Å²) >= 11 is 5.87. The number of urea groups is 1. The standard InChI is InChI=1S/C23H21ClN2O4/c1-29-20-13-7-17(8-14-20)22(27)30-15-21(16-5-3-2-4-6-16)26-23(28)25-19-11-9-18(24)10-12-19/h2-14,21H,15H2,1H3,(H2,25,26,28)/t21-/m0/s1. The van der Waals surface area contributed by atoms with E-state index >= 15 is 0 Å². The Morgan fingerprint density at radius 2 is 1.60 bits per heavy atom. The highest BCUT2D eigenvalue weighted by Crippen LogP contribution is 2.17. The number of methoxy groups -OCH3 is 1. The van der Waals surface area contributed by atoms with Crippen LogP contribution in [-0.2, 0) is 4.74 Å². The highest BCUT2D eigenvalue weighted by molar-refractivity contribution is 6.30. The fourth-order valence-electron chi connectivity index (χ4n) is 2.73. The number of anilines is 1. The van der Waals surface area contributed by atoms with Gasteiger partial charge >= 0.3 is 12.0 Å². The third kappa shape index (κ3) is 5.99. The molecule has 1 atom stereocenters. The zero-order valence-corrected chi connectivity index (χ0v) is 17.1. The van der Waals surface area contributed by atoms with Gasteiger partial charge in [-0.05, 0) is 54.1 Å². The van der Waals surface area contributed by atoms with Crippen LogP contribution in [0.3, 0.4) is 0 Å². The lowest BCUT2D eigenvalue weighted by molar-refractivity contribution is 0.0469. The van der Waals surface area contributed by atoms with Crippen LogP contribution in [0.25, 0.3) is 0 Å². The van der Waals surface area contributed by atoms with E-state index in [4.69, 9.17) is 21.1 Å². The predicted octanol–water partition coefficient (Wildman–Crippen LogP) is 5.07. The number of esters is 1. The highest BCUT2D eigenvalue weighted by Gasteiger charge is 2.18. The number of carbonyl (C=O) groups is 2. The summed E-state index contributed by atoms with van der Waals surface area (Å²) < 4.78 is 10.5. The maximum atomic E-state index is 12.5. The van der Waals surface area contributed by atoms with Gasteiger partial charge in [0, 0.05) is 10.7 Å². The number of ether oxygens (including phenoxy) is 2. The second kappa shape index (κ2) is 10.3. The number of benzene rings is 3. The fourth-order valence-corrected chi connectivity index (χ4v) is 2.86. The van der Waals surface area contributed by atoms with Gasteiger partial charge in [0.2, 0.25) is 0 Å². The number of rotatable bonds is 7. The molecule has 2 N–H and O–H groups in total. The topological polar surface area (TPSA) is 76.7 Å². The zero-order chi connectivity index (χ0) is 21.3. The molecule has 3 rings (SSSR count). The summed E-state index contributed by atoms with van der Waals surface area (Å²) in [7, 11) is 1.55. The second-order valence-electron chi connectivity index (χ2n) is 6.40. The lowest BCUT2D eigenvalue weighted by Crippen LogP contribution is -2.35. The molecule has 0 saturated heterocycles. The molecule has 0 heterocycles. The van der Waals surface area contributed by atoms with Gasteiger partial charge in [0.1, 0.15) is 12.4 Å². The van der Waals surface area contributed by atoms with E-state index in [-0.39, 0.29) is 6.61 Å².